The van der Waals surface area contributed by atoms with E-state index in [1.165, 1.54) is 37.1 Å². The summed E-state index contributed by atoms with van der Waals surface area (Å²) < 4.78 is 19.8. The van der Waals surface area contributed by atoms with Gasteiger partial charge in [-0.1, -0.05) is 11.6 Å². The first-order chi connectivity index (χ1) is 15.0. The van der Waals surface area contributed by atoms with Crippen molar-refractivity contribution in [3.05, 3.63) is 35.2 Å². The molecule has 1 aliphatic heterocycles. The number of hydrogen-bond acceptors (Lipinski definition) is 7. The molecule has 2 aromatic rings. The first kappa shape index (κ1) is 24.3. The van der Waals surface area contributed by atoms with Gasteiger partial charge in [0, 0.05) is 23.9 Å². The SMILES string of the molecule is CC(C)N(C(=O)C(C)(C)O)c1cc(F)cc(-c2nc(N[C@@H]3CCOC[C@H]3O)ncc2Cl)c1. The van der Waals surface area contributed by atoms with Gasteiger partial charge in [0.05, 0.1) is 35.7 Å². The minimum atomic E-state index is -1.63. The molecule has 10 heteroatoms. The Kier molecular flexibility index (Phi) is 7.34. The molecule has 0 radical (unpaired) electrons. The molecule has 32 heavy (non-hydrogen) atoms. The van der Waals surface area contributed by atoms with Crippen LogP contribution in [0.4, 0.5) is 16.0 Å². The van der Waals surface area contributed by atoms with Crippen LogP contribution in [0.2, 0.25) is 5.02 Å². The van der Waals surface area contributed by atoms with Crippen LogP contribution >= 0.6 is 11.6 Å². The summed E-state index contributed by atoms with van der Waals surface area (Å²) in [4.78, 5) is 22.7. The summed E-state index contributed by atoms with van der Waals surface area (Å²) in [6, 6.07) is 3.45. The molecule has 0 bridgehead atoms. The van der Waals surface area contributed by atoms with Crippen LogP contribution in [0.25, 0.3) is 11.3 Å². The summed E-state index contributed by atoms with van der Waals surface area (Å²) in [5.41, 5.74) is -0.750. The highest BCUT2D eigenvalue weighted by Gasteiger charge is 2.32. The second-order valence-electron chi connectivity index (χ2n) is 8.60. The molecule has 1 aromatic carbocycles. The van der Waals surface area contributed by atoms with Gasteiger partial charge in [-0.3, -0.25) is 4.79 Å². The lowest BCUT2D eigenvalue weighted by Crippen LogP contribution is -2.48. The van der Waals surface area contributed by atoms with E-state index in [0.717, 1.165) is 0 Å². The Labute approximate surface area is 191 Å². The summed E-state index contributed by atoms with van der Waals surface area (Å²) >= 11 is 6.32. The average Bonchev–Trinajstić information content (AvgIpc) is 2.70. The number of hydrogen-bond donors (Lipinski definition) is 3. The Bertz CT molecular complexity index is 983. The molecule has 1 aromatic heterocycles. The third-order valence-electron chi connectivity index (χ3n) is 5.08. The zero-order valence-electron chi connectivity index (χ0n) is 18.5. The Hall–Kier alpha value is -2.33. The fourth-order valence-corrected chi connectivity index (χ4v) is 3.69. The molecule has 0 spiro atoms. The lowest BCUT2D eigenvalue weighted by atomic mass is 10.0. The van der Waals surface area contributed by atoms with E-state index in [9.17, 15) is 19.4 Å². The van der Waals surface area contributed by atoms with Gasteiger partial charge in [0.1, 0.15) is 11.4 Å². The molecule has 2 heterocycles. The number of rotatable bonds is 6. The van der Waals surface area contributed by atoms with E-state index < -0.39 is 23.4 Å². The van der Waals surface area contributed by atoms with Gasteiger partial charge in [0.2, 0.25) is 5.95 Å². The van der Waals surface area contributed by atoms with E-state index in [1.807, 2.05) is 0 Å². The highest BCUT2D eigenvalue weighted by atomic mass is 35.5. The van der Waals surface area contributed by atoms with Crippen molar-refractivity contribution >= 4 is 29.1 Å². The molecule has 0 unspecified atom stereocenters. The van der Waals surface area contributed by atoms with Crippen LogP contribution in [-0.4, -0.2) is 63.1 Å². The Morgan fingerprint density at radius 1 is 1.38 bits per heavy atom. The minimum Gasteiger partial charge on any atom is -0.389 e. The van der Waals surface area contributed by atoms with Crippen LogP contribution < -0.4 is 10.2 Å². The third kappa shape index (κ3) is 5.53. The van der Waals surface area contributed by atoms with Crippen molar-refractivity contribution in [2.45, 2.75) is 57.9 Å². The van der Waals surface area contributed by atoms with Crippen molar-refractivity contribution in [2.75, 3.05) is 23.4 Å². The second-order valence-corrected chi connectivity index (χ2v) is 9.01. The zero-order valence-corrected chi connectivity index (χ0v) is 19.2. The van der Waals surface area contributed by atoms with Crippen molar-refractivity contribution in [2.24, 2.45) is 0 Å². The number of carbonyl (C=O) groups excluding carboxylic acids is 1. The molecule has 174 valence electrons. The fourth-order valence-electron chi connectivity index (χ4n) is 3.49. The van der Waals surface area contributed by atoms with Gasteiger partial charge in [0.15, 0.2) is 0 Å². The quantitative estimate of drug-likeness (QED) is 0.600. The Balaban J connectivity index is 1.99. The summed E-state index contributed by atoms with van der Waals surface area (Å²) in [5.74, 6) is -0.918. The first-order valence-electron chi connectivity index (χ1n) is 10.4. The molecule has 3 N–H and O–H groups in total. The molecular weight excluding hydrogens is 439 g/mol. The maximum atomic E-state index is 14.6. The topological polar surface area (TPSA) is 108 Å². The number of amides is 1. The van der Waals surface area contributed by atoms with Gasteiger partial charge in [-0.15, -0.1) is 0 Å². The Morgan fingerprint density at radius 3 is 2.72 bits per heavy atom. The average molecular weight is 467 g/mol. The number of aliphatic hydroxyl groups is 2. The lowest BCUT2D eigenvalue weighted by Gasteiger charge is -2.32. The number of benzene rings is 1. The van der Waals surface area contributed by atoms with Crippen LogP contribution in [0.5, 0.6) is 0 Å². The van der Waals surface area contributed by atoms with Gasteiger partial charge >= 0.3 is 0 Å². The third-order valence-corrected chi connectivity index (χ3v) is 5.35. The summed E-state index contributed by atoms with van der Waals surface area (Å²) in [6.45, 7) is 7.03. The largest absolute Gasteiger partial charge is 0.389 e. The van der Waals surface area contributed by atoms with Crippen LogP contribution in [0, 0.1) is 5.82 Å². The van der Waals surface area contributed by atoms with Crippen molar-refractivity contribution in [1.29, 1.82) is 0 Å². The molecule has 1 aliphatic rings. The Morgan fingerprint density at radius 2 is 2.09 bits per heavy atom. The number of halogens is 2. The monoisotopic (exact) mass is 466 g/mol. The van der Waals surface area contributed by atoms with E-state index in [-0.39, 0.29) is 41.0 Å². The molecule has 8 nitrogen and oxygen atoms in total. The predicted octanol–water partition coefficient (Wildman–Crippen LogP) is 3.01. The zero-order chi connectivity index (χ0) is 23.6. The van der Waals surface area contributed by atoms with Gasteiger partial charge in [0.25, 0.3) is 5.91 Å². The van der Waals surface area contributed by atoms with Gasteiger partial charge in [-0.05, 0) is 52.3 Å². The van der Waals surface area contributed by atoms with Crippen LogP contribution in [0.1, 0.15) is 34.1 Å². The number of nitrogens with one attached hydrogen (secondary N) is 1. The smallest absolute Gasteiger partial charge is 0.258 e. The number of aliphatic hydroxyl groups excluding tert-OH is 1. The number of ether oxygens (including phenoxy) is 1. The number of carbonyl (C=O) groups is 1. The van der Waals surface area contributed by atoms with Crippen LogP contribution in [0.3, 0.4) is 0 Å². The van der Waals surface area contributed by atoms with Crippen LogP contribution in [-0.2, 0) is 9.53 Å². The van der Waals surface area contributed by atoms with Gasteiger partial charge in [-0.25, -0.2) is 14.4 Å². The van der Waals surface area contributed by atoms with Crippen molar-refractivity contribution < 1.29 is 24.1 Å². The molecule has 1 amide bonds. The fraction of sp³-hybridized carbons (Fsp3) is 0.500. The van der Waals surface area contributed by atoms with Gasteiger partial charge in [-0.2, -0.15) is 0 Å². The van der Waals surface area contributed by atoms with Crippen molar-refractivity contribution in [1.82, 2.24) is 9.97 Å². The van der Waals surface area contributed by atoms with E-state index in [2.05, 4.69) is 15.3 Å². The number of nitrogens with zero attached hydrogens (tertiary/aromatic N) is 3. The molecule has 1 fully saturated rings. The summed E-state index contributed by atoms with van der Waals surface area (Å²) in [6.07, 6.45) is 1.26. The van der Waals surface area contributed by atoms with Crippen molar-refractivity contribution in [3.63, 3.8) is 0 Å². The van der Waals surface area contributed by atoms with Gasteiger partial charge < -0.3 is 25.2 Å². The minimum absolute atomic E-state index is 0.199. The molecule has 0 aliphatic carbocycles. The van der Waals surface area contributed by atoms with E-state index in [0.29, 0.717) is 18.6 Å². The van der Waals surface area contributed by atoms with Crippen LogP contribution in [0.15, 0.2) is 24.4 Å². The second kappa shape index (κ2) is 9.66. The number of anilines is 2. The highest BCUT2D eigenvalue weighted by molar-refractivity contribution is 6.33. The van der Waals surface area contributed by atoms with Crippen molar-refractivity contribution in [3.8, 4) is 11.3 Å². The molecule has 2 atom stereocenters. The van der Waals surface area contributed by atoms with E-state index in [4.69, 9.17) is 16.3 Å². The summed E-state index contributed by atoms with van der Waals surface area (Å²) in [7, 11) is 0. The molecular formula is C22H28ClFN4O4. The standard InChI is InChI=1S/C22H28ClFN4O4/c1-12(2)28(20(30)22(3,4)31)15-8-13(7-14(24)9-15)19-16(23)10-25-21(27-19)26-17-5-6-32-11-18(17)29/h7-10,12,17-18,29,31H,5-6,11H2,1-4H3,(H,25,26,27)/t17-,18-/m1/s1. The molecule has 3 rings (SSSR count). The summed E-state index contributed by atoms with van der Waals surface area (Å²) in [5, 5.41) is 23.6. The number of aromatic nitrogens is 2. The maximum Gasteiger partial charge on any atom is 0.258 e. The molecule has 1 saturated heterocycles. The lowest BCUT2D eigenvalue weighted by molar-refractivity contribution is -0.133. The highest BCUT2D eigenvalue weighted by Crippen LogP contribution is 2.32. The predicted molar refractivity (Wildman–Crippen MR) is 120 cm³/mol. The first-order valence-corrected chi connectivity index (χ1v) is 10.8. The van der Waals surface area contributed by atoms with E-state index in [1.54, 1.807) is 19.9 Å². The maximum absolute atomic E-state index is 14.6. The van der Waals surface area contributed by atoms with E-state index >= 15 is 0 Å². The normalized spacial score (nSPS) is 19.2. The molecule has 0 saturated carbocycles.